The van der Waals surface area contributed by atoms with Gasteiger partial charge in [0, 0.05) is 30.3 Å². The number of ether oxygens (including phenoxy) is 1. The Balaban J connectivity index is 0.000000490. The standard InChI is InChI=1S/C28H29FN2O4.CH4O3S/c29-18-5-3-17-14-31(26(33)19(17)12-18)20-7-8-28(34)22-11-16-4-6-21(32)24-23(16)27(28,25(20)35-24)9-10-30(22)13-15-1-2-15;1-5(2,3)4/h3-6,12,15,20,22,25,32,34H,1-2,7-11,13-14H2;1H3,(H,2,3,4)/t20-,22-,25+,27+,28-;/m1./s1. The van der Waals surface area contributed by atoms with E-state index in [1.54, 1.807) is 12.1 Å². The molecule has 0 radical (unpaired) electrons. The Morgan fingerprint density at radius 3 is 2.58 bits per heavy atom. The van der Waals surface area contributed by atoms with Crippen LogP contribution < -0.4 is 4.74 Å². The number of amides is 1. The zero-order valence-electron chi connectivity index (χ0n) is 22.2. The zero-order chi connectivity index (χ0) is 28.2. The largest absolute Gasteiger partial charge is 0.504 e. The number of benzene rings is 2. The second kappa shape index (κ2) is 8.64. The Morgan fingerprint density at radius 2 is 1.85 bits per heavy atom. The average Bonchev–Trinajstić information content (AvgIpc) is 3.54. The van der Waals surface area contributed by atoms with Crippen molar-refractivity contribution in [3.8, 4) is 11.5 Å². The van der Waals surface area contributed by atoms with Crippen LogP contribution in [0.1, 0.15) is 59.2 Å². The molecule has 1 saturated heterocycles. The second-order valence-corrected chi connectivity index (χ2v) is 13.8. The summed E-state index contributed by atoms with van der Waals surface area (Å²) in [5, 5.41) is 23.4. The lowest BCUT2D eigenvalue weighted by Crippen LogP contribution is -2.78. The molecule has 2 saturated carbocycles. The SMILES string of the molecule is CS(=O)(=O)O.O=C1c2cc(F)ccc2CN1[C@@H]1CC[C@@]2(O)[C@H]3Cc4ccc(O)c5c4[C@@]2(CCN3CC2CC2)[C@H]1O5. The molecule has 2 aromatic rings. The van der Waals surface area contributed by atoms with Gasteiger partial charge in [-0.15, -0.1) is 0 Å². The number of aliphatic hydroxyl groups is 1. The predicted molar refractivity (Wildman–Crippen MR) is 142 cm³/mol. The number of rotatable bonds is 3. The van der Waals surface area contributed by atoms with E-state index in [4.69, 9.17) is 9.29 Å². The fraction of sp³-hybridized carbons (Fsp3) is 0.552. The van der Waals surface area contributed by atoms with E-state index in [0.29, 0.717) is 37.0 Å². The molecule has 3 fully saturated rings. The summed E-state index contributed by atoms with van der Waals surface area (Å²) in [6.45, 7) is 2.33. The molecule has 40 heavy (non-hydrogen) atoms. The third-order valence-electron chi connectivity index (χ3n) is 10.0. The topological polar surface area (TPSA) is 128 Å². The maximum atomic E-state index is 13.9. The number of hydrogen-bond acceptors (Lipinski definition) is 7. The van der Waals surface area contributed by atoms with Crippen molar-refractivity contribution in [2.24, 2.45) is 5.92 Å². The normalized spacial score (nSPS) is 33.5. The van der Waals surface area contributed by atoms with E-state index >= 15 is 0 Å². The number of carbonyl (C=O) groups is 1. The molecule has 8 rings (SSSR count). The van der Waals surface area contributed by atoms with Crippen LogP contribution in [0.5, 0.6) is 11.5 Å². The Kier molecular flexibility index (Phi) is 5.66. The average molecular weight is 573 g/mol. The molecule has 3 aliphatic carbocycles. The van der Waals surface area contributed by atoms with Crippen molar-refractivity contribution in [2.45, 2.75) is 74.3 Å². The summed E-state index contributed by atoms with van der Waals surface area (Å²) in [6, 6.07) is 7.89. The maximum Gasteiger partial charge on any atom is 0.261 e. The molecule has 3 heterocycles. The van der Waals surface area contributed by atoms with Crippen molar-refractivity contribution in [2.75, 3.05) is 19.3 Å². The van der Waals surface area contributed by atoms with E-state index in [0.717, 1.165) is 48.5 Å². The fourth-order valence-corrected chi connectivity index (χ4v) is 8.34. The van der Waals surface area contributed by atoms with E-state index in [1.807, 2.05) is 11.0 Å². The summed E-state index contributed by atoms with van der Waals surface area (Å²) in [7, 11) is -3.67. The lowest BCUT2D eigenvalue weighted by atomic mass is 9.48. The molecule has 0 unspecified atom stereocenters. The van der Waals surface area contributed by atoms with E-state index in [9.17, 15) is 27.8 Å². The van der Waals surface area contributed by atoms with Gasteiger partial charge >= 0.3 is 0 Å². The molecule has 11 heteroatoms. The first kappa shape index (κ1) is 26.2. The molecule has 5 atom stereocenters. The Bertz CT molecular complexity index is 1520. The van der Waals surface area contributed by atoms with Gasteiger partial charge in [-0.25, -0.2) is 4.39 Å². The van der Waals surface area contributed by atoms with Crippen LogP contribution in [0.2, 0.25) is 0 Å². The molecule has 1 spiro atoms. The van der Waals surface area contributed by atoms with Gasteiger partial charge in [0.2, 0.25) is 0 Å². The maximum absolute atomic E-state index is 13.9. The van der Waals surface area contributed by atoms with E-state index in [2.05, 4.69) is 4.90 Å². The van der Waals surface area contributed by atoms with Crippen molar-refractivity contribution in [3.05, 3.63) is 58.4 Å². The molecule has 2 aromatic carbocycles. The first-order chi connectivity index (χ1) is 18.9. The Hall–Kier alpha value is -2.73. The number of aromatic hydroxyl groups is 1. The highest BCUT2D eigenvalue weighted by atomic mass is 32.2. The quantitative estimate of drug-likeness (QED) is 0.479. The third kappa shape index (κ3) is 3.74. The van der Waals surface area contributed by atoms with Crippen LogP contribution in [-0.2, 0) is 28.5 Å². The minimum absolute atomic E-state index is 0.00691. The molecular formula is C29H33FN2O7S. The summed E-state index contributed by atoms with van der Waals surface area (Å²) >= 11 is 0. The highest BCUT2D eigenvalue weighted by molar-refractivity contribution is 7.85. The van der Waals surface area contributed by atoms with Crippen molar-refractivity contribution in [1.82, 2.24) is 9.80 Å². The molecule has 1 amide bonds. The molecule has 6 aliphatic rings. The Labute approximate surface area is 232 Å². The van der Waals surface area contributed by atoms with Crippen molar-refractivity contribution in [3.63, 3.8) is 0 Å². The van der Waals surface area contributed by atoms with Crippen LogP contribution >= 0.6 is 0 Å². The van der Waals surface area contributed by atoms with Gasteiger partial charge in [-0.3, -0.25) is 14.2 Å². The number of hydrogen-bond donors (Lipinski definition) is 3. The molecular weight excluding hydrogens is 539 g/mol. The van der Waals surface area contributed by atoms with Crippen LogP contribution in [0.15, 0.2) is 30.3 Å². The van der Waals surface area contributed by atoms with Gasteiger partial charge in [0.1, 0.15) is 11.9 Å². The number of carbonyl (C=O) groups excluding carboxylic acids is 1. The summed E-state index contributed by atoms with van der Waals surface area (Å²) in [5.41, 5.74) is 1.72. The first-order valence-electron chi connectivity index (χ1n) is 13.9. The highest BCUT2D eigenvalue weighted by Crippen LogP contribution is 2.66. The van der Waals surface area contributed by atoms with Gasteiger partial charge in [-0.2, -0.15) is 8.42 Å². The van der Waals surface area contributed by atoms with Gasteiger partial charge in [0.25, 0.3) is 16.0 Å². The summed E-state index contributed by atoms with van der Waals surface area (Å²) in [4.78, 5) is 17.8. The zero-order valence-corrected chi connectivity index (χ0v) is 23.0. The molecule has 2 bridgehead atoms. The van der Waals surface area contributed by atoms with Crippen LogP contribution in [-0.4, -0.2) is 82.0 Å². The van der Waals surface area contributed by atoms with Crippen LogP contribution in [0.25, 0.3) is 0 Å². The number of piperidine rings is 1. The molecule has 3 aliphatic heterocycles. The minimum Gasteiger partial charge on any atom is -0.504 e. The lowest BCUT2D eigenvalue weighted by molar-refractivity contribution is -0.198. The van der Waals surface area contributed by atoms with Gasteiger partial charge in [-0.05, 0) is 80.3 Å². The smallest absolute Gasteiger partial charge is 0.261 e. The van der Waals surface area contributed by atoms with Gasteiger partial charge in [0.15, 0.2) is 11.5 Å². The number of nitrogens with zero attached hydrogens (tertiary/aromatic N) is 2. The molecule has 3 N–H and O–H groups in total. The minimum atomic E-state index is -3.67. The molecule has 214 valence electrons. The highest BCUT2D eigenvalue weighted by Gasteiger charge is 2.73. The van der Waals surface area contributed by atoms with E-state index in [1.165, 1.54) is 25.0 Å². The van der Waals surface area contributed by atoms with E-state index < -0.39 is 33.1 Å². The number of likely N-dealkylation sites (tertiary alicyclic amines) is 1. The fourth-order valence-electron chi connectivity index (χ4n) is 8.34. The summed E-state index contributed by atoms with van der Waals surface area (Å²) < 4.78 is 46.4. The van der Waals surface area contributed by atoms with Crippen LogP contribution in [0, 0.1) is 11.7 Å². The molecule has 9 nitrogen and oxygen atoms in total. The summed E-state index contributed by atoms with van der Waals surface area (Å²) in [5.74, 6) is 0.742. The van der Waals surface area contributed by atoms with Crippen LogP contribution in [0.3, 0.4) is 0 Å². The Morgan fingerprint density at radius 1 is 1.12 bits per heavy atom. The van der Waals surface area contributed by atoms with Crippen molar-refractivity contribution >= 4 is 16.0 Å². The first-order valence-corrected chi connectivity index (χ1v) is 15.8. The molecule has 0 aromatic heterocycles. The second-order valence-electron chi connectivity index (χ2n) is 12.4. The van der Waals surface area contributed by atoms with Gasteiger partial charge in [-0.1, -0.05) is 12.1 Å². The van der Waals surface area contributed by atoms with Crippen LogP contribution in [0.4, 0.5) is 4.39 Å². The van der Waals surface area contributed by atoms with Gasteiger partial charge < -0.3 is 19.8 Å². The predicted octanol–water partition coefficient (Wildman–Crippen LogP) is 2.62. The lowest BCUT2D eigenvalue weighted by Gasteiger charge is -2.64. The number of phenols is 1. The van der Waals surface area contributed by atoms with Crippen molar-refractivity contribution in [1.29, 1.82) is 0 Å². The summed E-state index contributed by atoms with van der Waals surface area (Å²) in [6.07, 6.45) is 5.49. The van der Waals surface area contributed by atoms with Gasteiger partial charge in [0.05, 0.1) is 23.3 Å². The van der Waals surface area contributed by atoms with Crippen molar-refractivity contribution < 1.29 is 37.1 Å². The monoisotopic (exact) mass is 572 g/mol. The number of phenolic OH excluding ortho intramolecular Hbond substituents is 1. The third-order valence-corrected chi connectivity index (χ3v) is 10.0. The number of halogens is 1. The number of fused-ring (bicyclic) bond motifs is 1. The van der Waals surface area contributed by atoms with E-state index in [-0.39, 0.29) is 23.7 Å².